The fraction of sp³-hybridized carbons (Fsp3) is 0.765. The molecule has 0 saturated heterocycles. The van der Waals surface area contributed by atoms with E-state index in [1.54, 1.807) is 4.90 Å². The lowest BCUT2D eigenvalue weighted by atomic mass is 10.0. The monoisotopic (exact) mass is 307 g/mol. The molecule has 0 unspecified atom stereocenters. The van der Waals surface area contributed by atoms with Crippen LogP contribution in [0.2, 0.25) is 0 Å². The van der Waals surface area contributed by atoms with E-state index in [1.807, 2.05) is 25.8 Å². The van der Waals surface area contributed by atoms with Crippen molar-refractivity contribution >= 4 is 11.8 Å². The number of carbonyl (C=O) groups excluding carboxylic acids is 2. The number of hydrogen-bond donors (Lipinski definition) is 1. The first-order valence-corrected chi connectivity index (χ1v) is 8.46. The van der Waals surface area contributed by atoms with Gasteiger partial charge < -0.3 is 10.2 Å². The van der Waals surface area contributed by atoms with Crippen LogP contribution in [0.15, 0.2) is 11.8 Å². The summed E-state index contributed by atoms with van der Waals surface area (Å²) in [6, 6.07) is 0.529. The maximum absolute atomic E-state index is 12.6. The van der Waals surface area contributed by atoms with Gasteiger partial charge >= 0.3 is 0 Å². The number of amides is 2. The normalized spacial score (nSPS) is 18.3. The Hall–Kier alpha value is -1.36. The van der Waals surface area contributed by atoms with Gasteiger partial charge in [0.1, 0.15) is 0 Å². The Kier molecular flexibility index (Phi) is 6.00. The van der Waals surface area contributed by atoms with Crippen molar-refractivity contribution in [3.05, 3.63) is 11.8 Å². The number of likely N-dealkylation sites (N-methyl/N-ethyl adjacent to an activating group) is 1. The molecule has 124 valence electrons. The third-order valence-corrected chi connectivity index (χ3v) is 4.03. The topological polar surface area (TPSA) is 52.7 Å². The standard InChI is InChI=1S/C17H29N3O2/c1-13(2)18-16(21)11-19(3)12-17(22)20(15-9-10-15)14-7-5-4-6-8-14/h7,13,15H,4-6,8-12H2,1-3H3,(H,18,21). The summed E-state index contributed by atoms with van der Waals surface area (Å²) in [5.74, 6) is 0.107. The predicted octanol–water partition coefficient (Wildman–Crippen LogP) is 1.89. The zero-order chi connectivity index (χ0) is 16.1. The zero-order valence-corrected chi connectivity index (χ0v) is 14.1. The quantitative estimate of drug-likeness (QED) is 0.781. The molecule has 0 bridgehead atoms. The fourth-order valence-corrected chi connectivity index (χ4v) is 2.95. The Bertz CT molecular complexity index is 441. The summed E-state index contributed by atoms with van der Waals surface area (Å²) in [4.78, 5) is 28.2. The summed E-state index contributed by atoms with van der Waals surface area (Å²) < 4.78 is 0. The number of allylic oxidation sites excluding steroid dienone is 2. The fourth-order valence-electron chi connectivity index (χ4n) is 2.95. The van der Waals surface area contributed by atoms with Gasteiger partial charge in [0.05, 0.1) is 13.1 Å². The molecular formula is C17H29N3O2. The summed E-state index contributed by atoms with van der Waals surface area (Å²) in [7, 11) is 1.83. The minimum Gasteiger partial charge on any atom is -0.353 e. The third-order valence-electron chi connectivity index (χ3n) is 4.03. The maximum Gasteiger partial charge on any atom is 0.241 e. The van der Waals surface area contributed by atoms with Gasteiger partial charge in [-0.05, 0) is 59.4 Å². The molecular weight excluding hydrogens is 278 g/mol. The number of rotatable bonds is 7. The van der Waals surface area contributed by atoms with Crippen LogP contribution in [-0.4, -0.2) is 53.8 Å². The Morgan fingerprint density at radius 1 is 1.27 bits per heavy atom. The average molecular weight is 307 g/mol. The van der Waals surface area contributed by atoms with E-state index in [2.05, 4.69) is 11.4 Å². The molecule has 0 aromatic heterocycles. The van der Waals surface area contributed by atoms with Crippen molar-refractivity contribution in [3.8, 4) is 0 Å². The first-order chi connectivity index (χ1) is 10.5. The molecule has 5 nitrogen and oxygen atoms in total. The van der Waals surface area contributed by atoms with Crippen LogP contribution < -0.4 is 5.32 Å². The van der Waals surface area contributed by atoms with Crippen LogP contribution in [-0.2, 0) is 9.59 Å². The largest absolute Gasteiger partial charge is 0.353 e. The Balaban J connectivity index is 1.88. The smallest absolute Gasteiger partial charge is 0.241 e. The second kappa shape index (κ2) is 7.77. The molecule has 2 aliphatic rings. The van der Waals surface area contributed by atoms with Crippen molar-refractivity contribution in [3.63, 3.8) is 0 Å². The van der Waals surface area contributed by atoms with Crippen LogP contribution >= 0.6 is 0 Å². The molecule has 5 heteroatoms. The molecule has 22 heavy (non-hydrogen) atoms. The molecule has 0 aliphatic heterocycles. The molecule has 0 radical (unpaired) electrons. The number of nitrogens with zero attached hydrogens (tertiary/aromatic N) is 2. The summed E-state index contributed by atoms with van der Waals surface area (Å²) in [6.07, 6.45) is 8.95. The molecule has 1 fully saturated rings. The lowest BCUT2D eigenvalue weighted by molar-refractivity contribution is -0.131. The van der Waals surface area contributed by atoms with Gasteiger partial charge in [-0.15, -0.1) is 0 Å². The first-order valence-electron chi connectivity index (χ1n) is 8.46. The molecule has 0 heterocycles. The van der Waals surface area contributed by atoms with Crippen molar-refractivity contribution < 1.29 is 9.59 Å². The molecule has 0 spiro atoms. The van der Waals surface area contributed by atoms with Gasteiger partial charge in [0.15, 0.2) is 0 Å². The lowest BCUT2D eigenvalue weighted by Gasteiger charge is -2.29. The third kappa shape index (κ3) is 5.13. The summed E-state index contributed by atoms with van der Waals surface area (Å²) in [5, 5.41) is 2.86. The molecule has 0 aromatic carbocycles. The van der Waals surface area contributed by atoms with E-state index in [1.165, 1.54) is 18.5 Å². The van der Waals surface area contributed by atoms with Crippen LogP contribution in [0.4, 0.5) is 0 Å². The molecule has 2 aliphatic carbocycles. The van der Waals surface area contributed by atoms with Gasteiger partial charge in [0, 0.05) is 17.8 Å². The summed E-state index contributed by atoms with van der Waals surface area (Å²) in [6.45, 7) is 4.45. The van der Waals surface area contributed by atoms with Crippen molar-refractivity contribution in [2.45, 2.75) is 64.5 Å². The van der Waals surface area contributed by atoms with E-state index in [4.69, 9.17) is 0 Å². The molecule has 0 atom stereocenters. The van der Waals surface area contributed by atoms with E-state index in [0.717, 1.165) is 25.7 Å². The SMILES string of the molecule is CC(C)NC(=O)CN(C)CC(=O)N(C1=CCCCC1)C1CC1. The van der Waals surface area contributed by atoms with E-state index in [9.17, 15) is 9.59 Å². The molecule has 2 amide bonds. The summed E-state index contributed by atoms with van der Waals surface area (Å²) >= 11 is 0. The van der Waals surface area contributed by atoms with Crippen molar-refractivity contribution in [1.82, 2.24) is 15.1 Å². The van der Waals surface area contributed by atoms with Crippen LogP contribution in [0.25, 0.3) is 0 Å². The van der Waals surface area contributed by atoms with E-state index >= 15 is 0 Å². The highest BCUT2D eigenvalue weighted by Gasteiger charge is 2.35. The number of hydrogen-bond acceptors (Lipinski definition) is 3. The molecule has 1 N–H and O–H groups in total. The summed E-state index contributed by atoms with van der Waals surface area (Å²) in [5.41, 5.74) is 1.21. The van der Waals surface area contributed by atoms with Crippen LogP contribution in [0.1, 0.15) is 52.4 Å². The maximum atomic E-state index is 12.6. The van der Waals surface area contributed by atoms with Gasteiger partial charge in [-0.2, -0.15) is 0 Å². The highest BCUT2D eigenvalue weighted by Crippen LogP contribution is 2.33. The molecule has 0 aromatic rings. The second-order valence-corrected chi connectivity index (χ2v) is 6.83. The van der Waals surface area contributed by atoms with Crippen LogP contribution in [0.3, 0.4) is 0 Å². The minimum atomic E-state index is -0.0276. The Labute approximate surface area is 133 Å². The van der Waals surface area contributed by atoms with E-state index in [0.29, 0.717) is 12.6 Å². The number of carbonyl (C=O) groups is 2. The predicted molar refractivity (Wildman–Crippen MR) is 87.2 cm³/mol. The Morgan fingerprint density at radius 2 is 2.00 bits per heavy atom. The molecule has 1 saturated carbocycles. The van der Waals surface area contributed by atoms with Crippen molar-refractivity contribution in [2.75, 3.05) is 20.1 Å². The molecule has 2 rings (SSSR count). The van der Waals surface area contributed by atoms with Crippen LogP contribution in [0.5, 0.6) is 0 Å². The first kappa shape index (κ1) is 17.0. The van der Waals surface area contributed by atoms with Crippen LogP contribution in [0, 0.1) is 0 Å². The Morgan fingerprint density at radius 3 is 2.55 bits per heavy atom. The average Bonchev–Trinajstić information content (AvgIpc) is 3.23. The van der Waals surface area contributed by atoms with Crippen molar-refractivity contribution in [2.24, 2.45) is 0 Å². The second-order valence-electron chi connectivity index (χ2n) is 6.83. The number of nitrogens with one attached hydrogen (secondary N) is 1. The van der Waals surface area contributed by atoms with Gasteiger partial charge in [0.25, 0.3) is 0 Å². The minimum absolute atomic E-state index is 0.0276. The van der Waals surface area contributed by atoms with Crippen molar-refractivity contribution in [1.29, 1.82) is 0 Å². The van der Waals surface area contributed by atoms with Gasteiger partial charge in [-0.1, -0.05) is 6.08 Å². The van der Waals surface area contributed by atoms with Gasteiger partial charge in [-0.25, -0.2) is 0 Å². The highest BCUT2D eigenvalue weighted by molar-refractivity contribution is 5.82. The van der Waals surface area contributed by atoms with Gasteiger partial charge in [0.2, 0.25) is 11.8 Å². The van der Waals surface area contributed by atoms with Gasteiger partial charge in [-0.3, -0.25) is 14.5 Å². The highest BCUT2D eigenvalue weighted by atomic mass is 16.2. The van der Waals surface area contributed by atoms with E-state index < -0.39 is 0 Å². The zero-order valence-electron chi connectivity index (χ0n) is 14.1. The van der Waals surface area contributed by atoms with E-state index in [-0.39, 0.29) is 24.4 Å². The lowest BCUT2D eigenvalue weighted by Crippen LogP contribution is -2.44.